The van der Waals surface area contributed by atoms with Gasteiger partial charge in [-0.1, -0.05) is 0 Å². The van der Waals surface area contributed by atoms with Gasteiger partial charge in [-0.2, -0.15) is 4.98 Å². The molecule has 0 fully saturated rings. The number of rotatable bonds is 4. The molecule has 80 valence electrons. The summed E-state index contributed by atoms with van der Waals surface area (Å²) in [6, 6.07) is 0. The molecule has 0 unspecified atom stereocenters. The standard InChI is InChI=1S/C9H14N6/c1-15-6-13-7-5-12-9(14-8(7)15)11-4-2-3-10/h5-6H,2-4,10H2,1H3,(H,11,12,14). The zero-order valence-corrected chi connectivity index (χ0v) is 8.64. The van der Waals surface area contributed by atoms with Crippen LogP contribution in [0.1, 0.15) is 6.42 Å². The van der Waals surface area contributed by atoms with Crippen LogP contribution in [-0.2, 0) is 7.05 Å². The molecule has 0 spiro atoms. The van der Waals surface area contributed by atoms with Crippen molar-refractivity contribution in [2.45, 2.75) is 6.42 Å². The summed E-state index contributed by atoms with van der Waals surface area (Å²) in [6.45, 7) is 1.46. The molecule has 0 saturated heterocycles. The van der Waals surface area contributed by atoms with Crippen LogP contribution in [0.4, 0.5) is 5.95 Å². The number of hydrogen-bond donors (Lipinski definition) is 2. The van der Waals surface area contributed by atoms with Crippen molar-refractivity contribution in [3.8, 4) is 0 Å². The zero-order chi connectivity index (χ0) is 10.7. The summed E-state index contributed by atoms with van der Waals surface area (Å²) < 4.78 is 1.87. The summed E-state index contributed by atoms with van der Waals surface area (Å²) >= 11 is 0. The zero-order valence-electron chi connectivity index (χ0n) is 8.64. The normalized spacial score (nSPS) is 10.8. The minimum absolute atomic E-state index is 0.625. The molecule has 0 aliphatic carbocycles. The Morgan fingerprint density at radius 2 is 2.33 bits per heavy atom. The summed E-state index contributed by atoms with van der Waals surface area (Å²) in [6.07, 6.45) is 4.35. The first kappa shape index (κ1) is 9.85. The Hall–Kier alpha value is -1.69. The van der Waals surface area contributed by atoms with Gasteiger partial charge in [0.25, 0.3) is 0 Å². The second kappa shape index (κ2) is 4.22. The van der Waals surface area contributed by atoms with Gasteiger partial charge in [0.15, 0.2) is 5.65 Å². The number of imidazole rings is 1. The molecular formula is C9H14N6. The van der Waals surface area contributed by atoms with Crippen molar-refractivity contribution in [1.29, 1.82) is 0 Å². The number of nitrogens with zero attached hydrogens (tertiary/aromatic N) is 4. The Balaban J connectivity index is 2.18. The van der Waals surface area contributed by atoms with Crippen molar-refractivity contribution >= 4 is 17.1 Å². The average molecular weight is 206 g/mol. The lowest BCUT2D eigenvalue weighted by Gasteiger charge is -2.03. The van der Waals surface area contributed by atoms with Crippen LogP contribution in [0, 0.1) is 0 Å². The molecule has 2 aromatic heterocycles. The fraction of sp³-hybridized carbons (Fsp3) is 0.444. The Bertz CT molecular complexity index is 449. The number of aryl methyl sites for hydroxylation is 1. The topological polar surface area (TPSA) is 81.7 Å². The van der Waals surface area contributed by atoms with Crippen molar-refractivity contribution in [3.63, 3.8) is 0 Å². The number of hydrogen-bond acceptors (Lipinski definition) is 5. The van der Waals surface area contributed by atoms with E-state index in [9.17, 15) is 0 Å². The maximum atomic E-state index is 5.40. The van der Waals surface area contributed by atoms with Gasteiger partial charge in [-0.25, -0.2) is 9.97 Å². The minimum Gasteiger partial charge on any atom is -0.354 e. The third-order valence-electron chi connectivity index (χ3n) is 2.12. The maximum absolute atomic E-state index is 5.40. The van der Waals surface area contributed by atoms with Gasteiger partial charge in [0, 0.05) is 13.6 Å². The summed E-state index contributed by atoms with van der Waals surface area (Å²) in [4.78, 5) is 12.6. The van der Waals surface area contributed by atoms with Gasteiger partial charge in [0.05, 0.1) is 12.5 Å². The number of fused-ring (bicyclic) bond motifs is 1. The maximum Gasteiger partial charge on any atom is 0.224 e. The predicted molar refractivity (Wildman–Crippen MR) is 58.5 cm³/mol. The fourth-order valence-electron chi connectivity index (χ4n) is 1.31. The van der Waals surface area contributed by atoms with E-state index in [4.69, 9.17) is 5.73 Å². The van der Waals surface area contributed by atoms with E-state index in [0.29, 0.717) is 12.5 Å². The van der Waals surface area contributed by atoms with E-state index in [2.05, 4.69) is 20.3 Å². The molecule has 0 radical (unpaired) electrons. The van der Waals surface area contributed by atoms with Crippen LogP contribution in [0.2, 0.25) is 0 Å². The molecule has 2 heterocycles. The second-order valence-corrected chi connectivity index (χ2v) is 3.33. The Morgan fingerprint density at radius 1 is 1.47 bits per heavy atom. The SMILES string of the molecule is Cn1cnc2cnc(NCCCN)nc21. The Kier molecular flexibility index (Phi) is 2.77. The van der Waals surface area contributed by atoms with E-state index in [0.717, 1.165) is 24.1 Å². The van der Waals surface area contributed by atoms with Crippen molar-refractivity contribution in [2.75, 3.05) is 18.4 Å². The Morgan fingerprint density at radius 3 is 3.13 bits per heavy atom. The molecule has 15 heavy (non-hydrogen) atoms. The summed E-state index contributed by atoms with van der Waals surface area (Å²) in [5.41, 5.74) is 7.04. The van der Waals surface area contributed by atoms with Crippen LogP contribution in [0.25, 0.3) is 11.2 Å². The fourth-order valence-corrected chi connectivity index (χ4v) is 1.31. The highest BCUT2D eigenvalue weighted by Gasteiger charge is 2.03. The Labute approximate surface area is 87.5 Å². The largest absolute Gasteiger partial charge is 0.354 e. The number of nitrogens with one attached hydrogen (secondary N) is 1. The van der Waals surface area contributed by atoms with Gasteiger partial charge in [0.2, 0.25) is 5.95 Å². The van der Waals surface area contributed by atoms with Crippen LogP contribution >= 0.6 is 0 Å². The molecule has 0 bridgehead atoms. The highest BCUT2D eigenvalue weighted by molar-refractivity contribution is 5.70. The van der Waals surface area contributed by atoms with Gasteiger partial charge in [-0.15, -0.1) is 0 Å². The average Bonchev–Trinajstić information content (AvgIpc) is 2.61. The highest BCUT2D eigenvalue weighted by Crippen LogP contribution is 2.09. The first-order valence-corrected chi connectivity index (χ1v) is 4.89. The summed E-state index contributed by atoms with van der Waals surface area (Å²) in [5.74, 6) is 0.625. The smallest absolute Gasteiger partial charge is 0.224 e. The molecule has 0 saturated carbocycles. The highest BCUT2D eigenvalue weighted by atomic mass is 15.2. The molecular weight excluding hydrogens is 192 g/mol. The van der Waals surface area contributed by atoms with Crippen molar-refractivity contribution in [3.05, 3.63) is 12.5 Å². The van der Waals surface area contributed by atoms with Crippen molar-refractivity contribution in [1.82, 2.24) is 19.5 Å². The quantitative estimate of drug-likeness (QED) is 0.694. The van der Waals surface area contributed by atoms with Gasteiger partial charge in [0.1, 0.15) is 5.52 Å². The second-order valence-electron chi connectivity index (χ2n) is 3.33. The number of aromatic nitrogens is 4. The molecule has 6 nitrogen and oxygen atoms in total. The van der Waals surface area contributed by atoms with Crippen molar-refractivity contribution < 1.29 is 0 Å². The van der Waals surface area contributed by atoms with Crippen LogP contribution in [-0.4, -0.2) is 32.6 Å². The molecule has 0 aliphatic rings. The van der Waals surface area contributed by atoms with Crippen molar-refractivity contribution in [2.24, 2.45) is 12.8 Å². The lowest BCUT2D eigenvalue weighted by Crippen LogP contribution is -2.10. The van der Waals surface area contributed by atoms with E-state index in [1.54, 1.807) is 12.5 Å². The first-order valence-electron chi connectivity index (χ1n) is 4.89. The van der Waals surface area contributed by atoms with Gasteiger partial charge in [-0.05, 0) is 13.0 Å². The molecule has 2 aromatic rings. The summed E-state index contributed by atoms with van der Waals surface area (Å²) in [7, 11) is 1.91. The first-order chi connectivity index (χ1) is 7.31. The van der Waals surface area contributed by atoms with Gasteiger partial charge in [-0.3, -0.25) is 0 Å². The van der Waals surface area contributed by atoms with E-state index < -0.39 is 0 Å². The molecule has 0 aromatic carbocycles. The molecule has 6 heteroatoms. The van der Waals surface area contributed by atoms with E-state index in [1.165, 1.54) is 0 Å². The molecule has 0 atom stereocenters. The molecule has 0 amide bonds. The summed E-state index contributed by atoms with van der Waals surface area (Å²) in [5, 5.41) is 3.11. The lowest BCUT2D eigenvalue weighted by atomic mass is 10.4. The molecule has 0 aliphatic heterocycles. The van der Waals surface area contributed by atoms with Gasteiger partial charge < -0.3 is 15.6 Å². The third kappa shape index (κ3) is 2.04. The monoisotopic (exact) mass is 206 g/mol. The number of nitrogens with two attached hydrogens (primary N) is 1. The number of anilines is 1. The van der Waals surface area contributed by atoms with Gasteiger partial charge >= 0.3 is 0 Å². The van der Waals surface area contributed by atoms with E-state index in [1.807, 2.05) is 11.6 Å². The molecule has 3 N–H and O–H groups in total. The van der Waals surface area contributed by atoms with E-state index in [-0.39, 0.29) is 0 Å². The minimum atomic E-state index is 0.625. The van der Waals surface area contributed by atoms with Crippen LogP contribution in [0.5, 0.6) is 0 Å². The van der Waals surface area contributed by atoms with Crippen LogP contribution in [0.3, 0.4) is 0 Å². The molecule has 2 rings (SSSR count). The van der Waals surface area contributed by atoms with E-state index >= 15 is 0 Å². The van der Waals surface area contributed by atoms with Crippen LogP contribution in [0.15, 0.2) is 12.5 Å². The lowest BCUT2D eigenvalue weighted by molar-refractivity contribution is 0.862. The van der Waals surface area contributed by atoms with Crippen LogP contribution < -0.4 is 11.1 Å². The third-order valence-corrected chi connectivity index (χ3v) is 2.12. The predicted octanol–water partition coefficient (Wildman–Crippen LogP) is 0.124.